The average molecular weight is 454 g/mol. The van der Waals surface area contributed by atoms with Crippen LogP contribution in [-0.4, -0.2) is 26.1 Å². The molecule has 0 atom stereocenters. The van der Waals surface area contributed by atoms with E-state index in [0.717, 1.165) is 16.8 Å². The summed E-state index contributed by atoms with van der Waals surface area (Å²) in [6.45, 7) is 0. The zero-order valence-corrected chi connectivity index (χ0v) is 16.9. The van der Waals surface area contributed by atoms with Gasteiger partial charge >= 0.3 is 0 Å². The topological polar surface area (TPSA) is 92.6 Å². The van der Waals surface area contributed by atoms with E-state index < -0.39 is 16.7 Å². The number of benzene rings is 2. The van der Waals surface area contributed by atoms with Gasteiger partial charge in [-0.1, -0.05) is 53.2 Å². The molecule has 1 saturated heterocycles. The fourth-order valence-electron chi connectivity index (χ4n) is 2.28. The molecule has 0 bridgehead atoms. The molecule has 2 amide bonds. The number of nitrogens with one attached hydrogen (secondary N) is 1. The lowest BCUT2D eigenvalue weighted by Crippen LogP contribution is -2.44. The molecule has 1 N–H and O–H groups in total. The Hall–Kier alpha value is -2.46. The molecule has 0 spiro atoms. The summed E-state index contributed by atoms with van der Waals surface area (Å²) in [6, 6.07) is 10.5. The fraction of sp³-hybridized carbons (Fsp3) is 0. The van der Waals surface area contributed by atoms with Crippen molar-refractivity contribution in [3.63, 3.8) is 0 Å². The monoisotopic (exact) mass is 453 g/mol. The van der Waals surface area contributed by atoms with Gasteiger partial charge in [-0.25, -0.2) is 0 Å². The van der Waals surface area contributed by atoms with Gasteiger partial charge in [-0.15, -0.1) is 0 Å². The van der Waals surface area contributed by atoms with Gasteiger partial charge in [0, 0.05) is 6.07 Å². The zero-order chi connectivity index (χ0) is 20.4. The minimum absolute atomic E-state index is 0.0123. The number of carbonyl (C=O) groups is 2. The highest BCUT2D eigenvalue weighted by Gasteiger charge is 2.34. The van der Waals surface area contributed by atoms with E-state index in [1.165, 1.54) is 30.3 Å². The quantitative estimate of drug-likeness (QED) is 0.318. The second kappa shape index (κ2) is 8.27. The highest BCUT2D eigenvalue weighted by atomic mass is 35.5. The standard InChI is InChI=1S/C17H9Cl2N3O4S2/c18-11-4-2-1-3-10(11)15(23)20-21-16(24)14(28-17(21)27)8-9-5-6-12(19)13(7-9)22(25)26/h1-8H,(H,20,23). The predicted molar refractivity (Wildman–Crippen MR) is 112 cm³/mol. The van der Waals surface area contributed by atoms with Crippen molar-refractivity contribution in [2.24, 2.45) is 0 Å². The normalized spacial score (nSPS) is 15.2. The lowest BCUT2D eigenvalue weighted by molar-refractivity contribution is -0.384. The Labute approximate surface area is 178 Å². The van der Waals surface area contributed by atoms with Gasteiger partial charge in [0.1, 0.15) is 5.02 Å². The molecule has 1 heterocycles. The van der Waals surface area contributed by atoms with E-state index in [1.807, 2.05) is 0 Å². The molecule has 0 aromatic heterocycles. The molecule has 0 unspecified atom stereocenters. The van der Waals surface area contributed by atoms with Crippen LogP contribution in [0, 0.1) is 10.1 Å². The Morgan fingerprint density at radius 3 is 2.61 bits per heavy atom. The highest BCUT2D eigenvalue weighted by molar-refractivity contribution is 8.26. The Kier molecular flexibility index (Phi) is 5.99. The van der Waals surface area contributed by atoms with Crippen molar-refractivity contribution in [3.05, 3.63) is 78.7 Å². The maximum absolute atomic E-state index is 12.6. The Bertz CT molecular complexity index is 1060. The molecule has 3 rings (SSSR count). The van der Waals surface area contributed by atoms with E-state index in [9.17, 15) is 19.7 Å². The van der Waals surface area contributed by atoms with Crippen LogP contribution in [0.25, 0.3) is 6.08 Å². The van der Waals surface area contributed by atoms with Crippen LogP contribution in [0.5, 0.6) is 0 Å². The van der Waals surface area contributed by atoms with Crippen LogP contribution in [0.15, 0.2) is 47.4 Å². The minimum Gasteiger partial charge on any atom is -0.267 e. The molecule has 7 nitrogen and oxygen atoms in total. The number of hydrogen-bond acceptors (Lipinski definition) is 6. The average Bonchev–Trinajstić information content (AvgIpc) is 2.90. The lowest BCUT2D eigenvalue weighted by Gasteiger charge is -2.16. The van der Waals surface area contributed by atoms with Gasteiger partial charge < -0.3 is 0 Å². The first-order chi connectivity index (χ1) is 13.3. The number of hydrogen-bond donors (Lipinski definition) is 1. The number of thioether (sulfide) groups is 1. The summed E-state index contributed by atoms with van der Waals surface area (Å²) in [5, 5.41) is 12.2. The second-order valence-electron chi connectivity index (χ2n) is 5.41. The largest absolute Gasteiger partial charge is 0.288 e. The van der Waals surface area contributed by atoms with E-state index >= 15 is 0 Å². The number of thiocarbonyl (C=S) groups is 1. The molecule has 2 aromatic rings. The molecule has 1 aliphatic heterocycles. The SMILES string of the molecule is O=C(NN1C(=O)C(=Cc2ccc(Cl)c([N+](=O)[O-])c2)SC1=S)c1ccccc1Cl. The van der Waals surface area contributed by atoms with Crippen LogP contribution < -0.4 is 5.43 Å². The number of carbonyl (C=O) groups excluding carboxylic acids is 2. The third-order valence-corrected chi connectivity index (χ3v) is 5.54. The van der Waals surface area contributed by atoms with Crippen molar-refractivity contribution in [1.29, 1.82) is 0 Å². The van der Waals surface area contributed by atoms with Gasteiger partial charge in [-0.2, -0.15) is 5.01 Å². The number of halogens is 2. The van der Waals surface area contributed by atoms with Gasteiger partial charge in [0.15, 0.2) is 4.32 Å². The molecule has 0 saturated carbocycles. The zero-order valence-electron chi connectivity index (χ0n) is 13.7. The Morgan fingerprint density at radius 2 is 1.93 bits per heavy atom. The van der Waals surface area contributed by atoms with Crippen molar-refractivity contribution in [1.82, 2.24) is 10.4 Å². The first-order valence-corrected chi connectivity index (χ1v) is 9.53. The van der Waals surface area contributed by atoms with Gasteiger partial charge in [0.25, 0.3) is 17.5 Å². The van der Waals surface area contributed by atoms with E-state index in [-0.39, 0.29) is 30.5 Å². The number of amides is 2. The van der Waals surface area contributed by atoms with Crippen LogP contribution in [0.4, 0.5) is 5.69 Å². The van der Waals surface area contributed by atoms with Crippen molar-refractivity contribution in [2.75, 3.05) is 0 Å². The van der Waals surface area contributed by atoms with Gasteiger partial charge in [-0.05, 0) is 42.1 Å². The molecule has 0 aliphatic carbocycles. The third-order valence-electron chi connectivity index (χ3n) is 3.59. The number of nitro groups is 1. The summed E-state index contributed by atoms with van der Waals surface area (Å²) in [7, 11) is 0. The van der Waals surface area contributed by atoms with Gasteiger partial charge in [0.05, 0.1) is 20.4 Å². The summed E-state index contributed by atoms with van der Waals surface area (Å²) in [4.78, 5) is 35.5. The van der Waals surface area contributed by atoms with Crippen LogP contribution in [0.3, 0.4) is 0 Å². The Balaban J connectivity index is 1.83. The van der Waals surface area contributed by atoms with Crippen molar-refractivity contribution >= 4 is 75.1 Å². The first-order valence-electron chi connectivity index (χ1n) is 7.55. The van der Waals surface area contributed by atoms with Gasteiger partial charge in [0.2, 0.25) is 0 Å². The molecule has 2 aromatic carbocycles. The van der Waals surface area contributed by atoms with Crippen LogP contribution in [0.1, 0.15) is 15.9 Å². The summed E-state index contributed by atoms with van der Waals surface area (Å²) < 4.78 is 0.111. The molecule has 11 heteroatoms. The van der Waals surface area contributed by atoms with Crippen LogP contribution >= 0.6 is 47.2 Å². The lowest BCUT2D eigenvalue weighted by atomic mass is 10.2. The predicted octanol–water partition coefficient (Wildman–Crippen LogP) is 4.45. The highest BCUT2D eigenvalue weighted by Crippen LogP contribution is 2.33. The van der Waals surface area contributed by atoms with E-state index in [2.05, 4.69) is 5.43 Å². The van der Waals surface area contributed by atoms with E-state index in [4.69, 9.17) is 35.4 Å². The second-order valence-corrected chi connectivity index (χ2v) is 7.90. The maximum Gasteiger partial charge on any atom is 0.288 e. The molecular formula is C17H9Cl2N3O4S2. The van der Waals surface area contributed by atoms with Crippen molar-refractivity contribution in [2.45, 2.75) is 0 Å². The maximum atomic E-state index is 12.6. The molecule has 28 heavy (non-hydrogen) atoms. The summed E-state index contributed by atoms with van der Waals surface area (Å²) in [5.74, 6) is -1.15. The fourth-order valence-corrected chi connectivity index (χ4v) is 3.87. The molecule has 1 aliphatic rings. The molecule has 142 valence electrons. The van der Waals surface area contributed by atoms with Crippen molar-refractivity contribution in [3.8, 4) is 0 Å². The number of hydrazine groups is 1. The van der Waals surface area contributed by atoms with Crippen LogP contribution in [-0.2, 0) is 4.79 Å². The van der Waals surface area contributed by atoms with E-state index in [0.29, 0.717) is 5.56 Å². The number of rotatable bonds is 4. The molecular weight excluding hydrogens is 445 g/mol. The van der Waals surface area contributed by atoms with E-state index in [1.54, 1.807) is 18.2 Å². The Morgan fingerprint density at radius 1 is 1.21 bits per heavy atom. The summed E-state index contributed by atoms with van der Waals surface area (Å²) in [5.41, 5.74) is 2.73. The summed E-state index contributed by atoms with van der Waals surface area (Å²) in [6.07, 6.45) is 1.43. The number of nitro benzene ring substituents is 1. The minimum atomic E-state index is -0.616. The molecule has 1 fully saturated rings. The first kappa shape index (κ1) is 20.3. The van der Waals surface area contributed by atoms with Crippen molar-refractivity contribution < 1.29 is 14.5 Å². The summed E-state index contributed by atoms with van der Waals surface area (Å²) >= 11 is 17.9. The van der Waals surface area contributed by atoms with Crippen LogP contribution in [0.2, 0.25) is 10.0 Å². The number of nitrogens with zero attached hydrogens (tertiary/aromatic N) is 2. The third kappa shape index (κ3) is 4.17. The molecule has 0 radical (unpaired) electrons. The van der Waals surface area contributed by atoms with Gasteiger partial charge in [-0.3, -0.25) is 25.1 Å². The smallest absolute Gasteiger partial charge is 0.267 e.